The van der Waals surface area contributed by atoms with E-state index >= 15 is 0 Å². The lowest BCUT2D eigenvalue weighted by Gasteiger charge is -2.34. The Bertz CT molecular complexity index is 1150. The van der Waals surface area contributed by atoms with Gasteiger partial charge in [0.05, 0.1) is 17.7 Å². The number of hydrogen-bond acceptors (Lipinski definition) is 7. The zero-order valence-corrected chi connectivity index (χ0v) is 20.7. The Morgan fingerprint density at radius 1 is 0.914 bits per heavy atom. The van der Waals surface area contributed by atoms with Crippen molar-refractivity contribution in [3.05, 3.63) is 54.0 Å². The molecule has 0 saturated carbocycles. The van der Waals surface area contributed by atoms with Crippen molar-refractivity contribution in [1.29, 1.82) is 0 Å². The van der Waals surface area contributed by atoms with E-state index in [0.29, 0.717) is 31.9 Å². The van der Waals surface area contributed by atoms with Gasteiger partial charge in [0.1, 0.15) is 0 Å². The topological polar surface area (TPSA) is 87.7 Å². The van der Waals surface area contributed by atoms with Gasteiger partial charge in [0.15, 0.2) is 10.9 Å². The summed E-state index contributed by atoms with van der Waals surface area (Å²) in [6, 6.07) is 11.7. The summed E-state index contributed by atoms with van der Waals surface area (Å²) in [5.41, 5.74) is 2.19. The third-order valence-corrected chi connectivity index (χ3v) is 7.44. The number of anilines is 1. The highest BCUT2D eigenvalue weighted by molar-refractivity contribution is 7.99. The van der Waals surface area contributed by atoms with Gasteiger partial charge in [-0.25, -0.2) is 0 Å². The van der Waals surface area contributed by atoms with Crippen molar-refractivity contribution in [1.82, 2.24) is 24.6 Å². The number of hydrogen-bond donors (Lipinski definition) is 0. The molecule has 184 valence electrons. The molecule has 2 aromatic heterocycles. The molecule has 2 aliphatic heterocycles. The van der Waals surface area contributed by atoms with Gasteiger partial charge in [0.2, 0.25) is 11.9 Å². The molecule has 0 spiro atoms. The monoisotopic (exact) mass is 494 g/mol. The van der Waals surface area contributed by atoms with Gasteiger partial charge >= 0.3 is 0 Å². The molecule has 0 radical (unpaired) electrons. The number of carbonyl (C=O) groups is 2. The highest BCUT2D eigenvalue weighted by Crippen LogP contribution is 2.29. The van der Waals surface area contributed by atoms with Crippen LogP contribution in [0.15, 0.2) is 52.2 Å². The largest absolute Gasteiger partial charge is 0.459 e. The SMILES string of the molecule is Cc1ccc(-n2c(SCC(=O)N3CCN(C(=O)c4ccco4)CC3)nnc2N2CCCCC2)cc1. The number of rotatable bonds is 6. The first-order valence-corrected chi connectivity index (χ1v) is 13.1. The van der Waals surface area contributed by atoms with E-state index in [4.69, 9.17) is 4.42 Å². The van der Waals surface area contributed by atoms with E-state index in [1.807, 2.05) is 4.90 Å². The van der Waals surface area contributed by atoms with Crippen LogP contribution in [0, 0.1) is 6.92 Å². The summed E-state index contributed by atoms with van der Waals surface area (Å²) in [7, 11) is 0. The van der Waals surface area contributed by atoms with E-state index in [0.717, 1.165) is 42.7 Å². The third-order valence-electron chi connectivity index (χ3n) is 6.52. The third kappa shape index (κ3) is 5.22. The zero-order valence-electron chi connectivity index (χ0n) is 19.9. The van der Waals surface area contributed by atoms with Crippen LogP contribution in [0.3, 0.4) is 0 Å². The molecule has 5 rings (SSSR count). The number of aryl methyl sites for hydroxylation is 1. The summed E-state index contributed by atoms with van der Waals surface area (Å²) in [4.78, 5) is 31.3. The fourth-order valence-corrected chi connectivity index (χ4v) is 5.36. The molecule has 10 heteroatoms. The number of thioether (sulfide) groups is 1. The Morgan fingerprint density at radius 3 is 2.31 bits per heavy atom. The van der Waals surface area contributed by atoms with E-state index in [2.05, 4.69) is 50.9 Å². The number of aromatic nitrogens is 3. The van der Waals surface area contributed by atoms with E-state index in [1.165, 1.54) is 30.0 Å². The maximum absolute atomic E-state index is 13.0. The molecule has 1 aromatic carbocycles. The van der Waals surface area contributed by atoms with Gasteiger partial charge in [0.25, 0.3) is 5.91 Å². The van der Waals surface area contributed by atoms with Crippen molar-refractivity contribution < 1.29 is 14.0 Å². The fraction of sp³-hybridized carbons (Fsp3) is 0.440. The Morgan fingerprint density at radius 2 is 1.63 bits per heavy atom. The van der Waals surface area contributed by atoms with Crippen molar-refractivity contribution in [3.63, 3.8) is 0 Å². The van der Waals surface area contributed by atoms with Gasteiger partial charge in [-0.2, -0.15) is 0 Å². The number of piperidine rings is 1. The molecular formula is C25H30N6O3S. The molecule has 35 heavy (non-hydrogen) atoms. The summed E-state index contributed by atoms with van der Waals surface area (Å²) < 4.78 is 7.29. The molecule has 4 heterocycles. The molecule has 0 atom stereocenters. The first kappa shape index (κ1) is 23.5. The van der Waals surface area contributed by atoms with Gasteiger partial charge < -0.3 is 19.1 Å². The second-order valence-corrected chi connectivity index (χ2v) is 9.88. The lowest BCUT2D eigenvalue weighted by Crippen LogP contribution is -2.51. The molecular weight excluding hydrogens is 464 g/mol. The normalized spacial score (nSPS) is 16.5. The molecule has 9 nitrogen and oxygen atoms in total. The van der Waals surface area contributed by atoms with Gasteiger partial charge in [-0.1, -0.05) is 29.5 Å². The van der Waals surface area contributed by atoms with Gasteiger partial charge in [-0.05, 0) is 50.5 Å². The summed E-state index contributed by atoms with van der Waals surface area (Å²) in [5, 5.41) is 9.71. The lowest BCUT2D eigenvalue weighted by atomic mass is 10.1. The molecule has 2 aliphatic rings. The quantitative estimate of drug-likeness (QED) is 0.486. The van der Waals surface area contributed by atoms with Gasteiger partial charge in [-0.15, -0.1) is 10.2 Å². The fourth-order valence-electron chi connectivity index (χ4n) is 4.51. The minimum atomic E-state index is -0.132. The zero-order chi connectivity index (χ0) is 24.2. The Labute approximate surface area is 209 Å². The van der Waals surface area contributed by atoms with E-state index in [-0.39, 0.29) is 17.6 Å². The lowest BCUT2D eigenvalue weighted by molar-refractivity contribution is -0.129. The van der Waals surface area contributed by atoms with Gasteiger partial charge in [-0.3, -0.25) is 14.2 Å². The molecule has 2 fully saturated rings. The summed E-state index contributed by atoms with van der Waals surface area (Å²) in [6.45, 7) is 6.01. The number of carbonyl (C=O) groups excluding carboxylic acids is 2. The van der Waals surface area contributed by atoms with Crippen molar-refractivity contribution in [3.8, 4) is 5.69 Å². The van der Waals surface area contributed by atoms with Crippen molar-refractivity contribution in [2.75, 3.05) is 49.9 Å². The average molecular weight is 495 g/mol. The van der Waals surface area contributed by atoms with Crippen LogP contribution in [0.1, 0.15) is 35.4 Å². The molecule has 2 amide bonds. The number of piperazine rings is 1. The maximum Gasteiger partial charge on any atom is 0.289 e. The summed E-state index contributed by atoms with van der Waals surface area (Å²) >= 11 is 1.41. The van der Waals surface area contributed by atoms with Crippen LogP contribution >= 0.6 is 11.8 Å². The second-order valence-electron chi connectivity index (χ2n) is 8.94. The van der Waals surface area contributed by atoms with Crippen LogP contribution < -0.4 is 4.90 Å². The first-order valence-electron chi connectivity index (χ1n) is 12.1. The minimum Gasteiger partial charge on any atom is -0.459 e. The number of nitrogens with zero attached hydrogens (tertiary/aromatic N) is 6. The molecule has 0 N–H and O–H groups in total. The van der Waals surface area contributed by atoms with Crippen LogP contribution in [0.25, 0.3) is 5.69 Å². The second kappa shape index (κ2) is 10.6. The molecule has 3 aromatic rings. The van der Waals surface area contributed by atoms with Crippen molar-refractivity contribution in [2.45, 2.75) is 31.3 Å². The molecule has 0 aliphatic carbocycles. The summed E-state index contributed by atoms with van der Waals surface area (Å²) in [5.74, 6) is 1.36. The highest BCUT2D eigenvalue weighted by Gasteiger charge is 2.27. The predicted octanol–water partition coefficient (Wildman–Crippen LogP) is 3.24. The van der Waals surface area contributed by atoms with Crippen LogP contribution in [-0.4, -0.2) is 81.4 Å². The predicted molar refractivity (Wildman–Crippen MR) is 134 cm³/mol. The van der Waals surface area contributed by atoms with Crippen molar-refractivity contribution >= 4 is 29.5 Å². The molecule has 0 unspecified atom stereocenters. The Kier molecular flexibility index (Phi) is 7.08. The van der Waals surface area contributed by atoms with Gasteiger partial charge in [0, 0.05) is 39.3 Å². The smallest absolute Gasteiger partial charge is 0.289 e. The molecule has 0 bridgehead atoms. The number of benzene rings is 1. The van der Waals surface area contributed by atoms with E-state index < -0.39 is 0 Å². The number of amides is 2. The number of furan rings is 1. The highest BCUT2D eigenvalue weighted by atomic mass is 32.2. The van der Waals surface area contributed by atoms with E-state index in [9.17, 15) is 9.59 Å². The first-order chi connectivity index (χ1) is 17.1. The van der Waals surface area contributed by atoms with Crippen LogP contribution in [0.2, 0.25) is 0 Å². The van der Waals surface area contributed by atoms with E-state index in [1.54, 1.807) is 17.0 Å². The van der Waals surface area contributed by atoms with Crippen LogP contribution in [0.4, 0.5) is 5.95 Å². The standard InChI is InChI=1S/C25H30N6O3S/c1-19-7-9-20(10-8-19)31-24(30-11-3-2-4-12-30)26-27-25(31)35-18-22(32)28-13-15-29(16-14-28)23(33)21-6-5-17-34-21/h5-10,17H,2-4,11-16,18H2,1H3. The van der Waals surface area contributed by atoms with Crippen LogP contribution in [-0.2, 0) is 4.79 Å². The van der Waals surface area contributed by atoms with Crippen LogP contribution in [0.5, 0.6) is 0 Å². The summed E-state index contributed by atoms with van der Waals surface area (Å²) in [6.07, 6.45) is 5.04. The maximum atomic E-state index is 13.0. The Hall–Kier alpha value is -3.27. The van der Waals surface area contributed by atoms with Crippen molar-refractivity contribution in [2.24, 2.45) is 0 Å². The minimum absolute atomic E-state index is 0.0399. The average Bonchev–Trinajstić information content (AvgIpc) is 3.59. The Balaban J connectivity index is 1.24. The molecule has 2 saturated heterocycles.